The zero-order valence-electron chi connectivity index (χ0n) is 12.2. The Kier molecular flexibility index (Phi) is 4.41. The van der Waals surface area contributed by atoms with Gasteiger partial charge < -0.3 is 5.32 Å². The second-order valence-electron chi connectivity index (χ2n) is 4.58. The molecule has 9 heteroatoms. The van der Waals surface area contributed by atoms with Crippen molar-refractivity contribution >= 4 is 21.7 Å². The number of hydrogen-bond acceptors (Lipinski definition) is 6. The lowest BCUT2D eigenvalue weighted by molar-refractivity contribution is 0.600. The molecular formula is C12H18N6O2S. The van der Waals surface area contributed by atoms with Crippen LogP contribution in [0, 0.1) is 6.92 Å². The smallest absolute Gasteiger partial charge is 0.265 e. The van der Waals surface area contributed by atoms with Crippen LogP contribution in [0.4, 0.5) is 11.6 Å². The molecule has 2 aromatic rings. The van der Waals surface area contributed by atoms with Crippen LogP contribution >= 0.6 is 0 Å². The number of anilines is 2. The van der Waals surface area contributed by atoms with Gasteiger partial charge in [-0.25, -0.2) is 18.4 Å². The lowest BCUT2D eigenvalue weighted by Crippen LogP contribution is -2.14. The summed E-state index contributed by atoms with van der Waals surface area (Å²) in [6, 6.07) is 0. The summed E-state index contributed by atoms with van der Waals surface area (Å²) in [7, 11) is -1.99. The molecule has 0 saturated heterocycles. The minimum Gasteiger partial charge on any atom is -0.354 e. The van der Waals surface area contributed by atoms with Crippen molar-refractivity contribution in [1.82, 2.24) is 19.7 Å². The average Bonchev–Trinajstić information content (AvgIpc) is 2.74. The molecule has 0 unspecified atom stereocenters. The molecular weight excluding hydrogens is 292 g/mol. The van der Waals surface area contributed by atoms with Gasteiger partial charge in [0.2, 0.25) is 5.95 Å². The Morgan fingerprint density at radius 1 is 1.29 bits per heavy atom. The number of hydrogen-bond donors (Lipinski definition) is 2. The predicted octanol–water partition coefficient (Wildman–Crippen LogP) is 1.14. The standard InChI is InChI=1S/C12H18N6O2S/c1-4-5-13-12-14-6-10(7-15-12)21(19,20)17-11-8-18(3)16-9(11)2/h6-8,17H,4-5H2,1-3H3,(H,13,14,15). The van der Waals surface area contributed by atoms with Crippen molar-refractivity contribution in [2.45, 2.75) is 25.2 Å². The fourth-order valence-electron chi connectivity index (χ4n) is 1.69. The van der Waals surface area contributed by atoms with Crippen LogP contribution in [0.2, 0.25) is 0 Å². The van der Waals surface area contributed by atoms with Crippen LogP contribution in [0.15, 0.2) is 23.5 Å². The summed E-state index contributed by atoms with van der Waals surface area (Å²) in [4.78, 5) is 7.99. The minimum atomic E-state index is -3.72. The molecule has 0 amide bonds. The normalized spacial score (nSPS) is 11.4. The van der Waals surface area contributed by atoms with Gasteiger partial charge in [-0.3, -0.25) is 9.40 Å². The van der Waals surface area contributed by atoms with Crippen molar-refractivity contribution in [2.75, 3.05) is 16.6 Å². The minimum absolute atomic E-state index is 0.00722. The molecule has 0 bridgehead atoms. The van der Waals surface area contributed by atoms with Crippen LogP contribution < -0.4 is 10.0 Å². The third-order valence-electron chi connectivity index (χ3n) is 2.73. The summed E-state index contributed by atoms with van der Waals surface area (Å²) in [5, 5.41) is 7.07. The number of nitrogens with one attached hydrogen (secondary N) is 2. The molecule has 0 saturated carbocycles. The van der Waals surface area contributed by atoms with E-state index in [9.17, 15) is 8.42 Å². The molecule has 0 spiro atoms. The molecule has 0 atom stereocenters. The lowest BCUT2D eigenvalue weighted by atomic mass is 10.4. The fourth-order valence-corrected chi connectivity index (χ4v) is 2.68. The third kappa shape index (κ3) is 3.69. The highest BCUT2D eigenvalue weighted by molar-refractivity contribution is 7.92. The topological polar surface area (TPSA) is 102 Å². The van der Waals surface area contributed by atoms with E-state index in [1.54, 1.807) is 24.9 Å². The molecule has 0 aliphatic heterocycles. The van der Waals surface area contributed by atoms with E-state index in [-0.39, 0.29) is 4.90 Å². The van der Waals surface area contributed by atoms with E-state index in [2.05, 4.69) is 25.1 Å². The van der Waals surface area contributed by atoms with Crippen LogP contribution in [0.3, 0.4) is 0 Å². The molecule has 2 aromatic heterocycles. The van der Waals surface area contributed by atoms with E-state index in [4.69, 9.17) is 0 Å². The Balaban J connectivity index is 2.17. The molecule has 0 aliphatic rings. The van der Waals surface area contributed by atoms with Crippen molar-refractivity contribution < 1.29 is 8.42 Å². The van der Waals surface area contributed by atoms with Gasteiger partial charge in [-0.05, 0) is 13.3 Å². The Morgan fingerprint density at radius 3 is 2.48 bits per heavy atom. The SMILES string of the molecule is CCCNc1ncc(S(=O)(=O)Nc2cn(C)nc2C)cn1. The second kappa shape index (κ2) is 6.08. The summed E-state index contributed by atoms with van der Waals surface area (Å²) < 4.78 is 28.5. The van der Waals surface area contributed by atoms with Crippen LogP contribution in [0.1, 0.15) is 19.0 Å². The van der Waals surface area contributed by atoms with Crippen LogP contribution in [-0.2, 0) is 17.1 Å². The molecule has 8 nitrogen and oxygen atoms in total. The highest BCUT2D eigenvalue weighted by Gasteiger charge is 2.17. The van der Waals surface area contributed by atoms with Gasteiger partial charge in [0.15, 0.2) is 0 Å². The maximum Gasteiger partial charge on any atom is 0.265 e. The Hall–Kier alpha value is -2.16. The average molecular weight is 310 g/mol. The monoisotopic (exact) mass is 310 g/mol. The summed E-state index contributed by atoms with van der Waals surface area (Å²) in [6.45, 7) is 4.48. The quantitative estimate of drug-likeness (QED) is 0.829. The maximum atomic E-state index is 12.2. The molecule has 0 radical (unpaired) electrons. The molecule has 2 N–H and O–H groups in total. The van der Waals surface area contributed by atoms with E-state index >= 15 is 0 Å². The van der Waals surface area contributed by atoms with Gasteiger partial charge in [-0.15, -0.1) is 0 Å². The Bertz CT molecular complexity index is 708. The fraction of sp³-hybridized carbons (Fsp3) is 0.417. The first-order valence-electron chi connectivity index (χ1n) is 6.51. The summed E-state index contributed by atoms with van der Waals surface area (Å²) in [5.74, 6) is 0.411. The van der Waals surface area contributed by atoms with Crippen molar-refractivity contribution in [3.63, 3.8) is 0 Å². The summed E-state index contributed by atoms with van der Waals surface area (Å²) in [6.07, 6.45) is 5.09. The van der Waals surface area contributed by atoms with Gasteiger partial charge in [0.05, 0.1) is 23.8 Å². The molecule has 2 heterocycles. The van der Waals surface area contributed by atoms with E-state index in [1.165, 1.54) is 12.4 Å². The number of aryl methyl sites for hydroxylation is 2. The zero-order chi connectivity index (χ0) is 15.5. The molecule has 0 aliphatic carbocycles. The van der Waals surface area contributed by atoms with Gasteiger partial charge >= 0.3 is 0 Å². The third-order valence-corrected chi connectivity index (χ3v) is 4.05. The Labute approximate surface area is 123 Å². The first-order chi connectivity index (χ1) is 9.92. The summed E-state index contributed by atoms with van der Waals surface area (Å²) >= 11 is 0. The van der Waals surface area contributed by atoms with Crippen LogP contribution in [0.5, 0.6) is 0 Å². The van der Waals surface area contributed by atoms with Gasteiger partial charge in [0.1, 0.15) is 4.90 Å². The van der Waals surface area contributed by atoms with Crippen molar-refractivity contribution in [3.05, 3.63) is 24.3 Å². The largest absolute Gasteiger partial charge is 0.354 e. The van der Waals surface area contributed by atoms with Crippen molar-refractivity contribution in [1.29, 1.82) is 0 Å². The maximum absolute atomic E-state index is 12.2. The number of nitrogens with zero attached hydrogens (tertiary/aromatic N) is 4. The number of aromatic nitrogens is 4. The number of rotatable bonds is 6. The van der Waals surface area contributed by atoms with Gasteiger partial charge in [0, 0.05) is 19.8 Å². The Morgan fingerprint density at radius 2 is 1.95 bits per heavy atom. The van der Waals surface area contributed by atoms with E-state index in [0.717, 1.165) is 13.0 Å². The first kappa shape index (κ1) is 15.2. The zero-order valence-corrected chi connectivity index (χ0v) is 13.0. The first-order valence-corrected chi connectivity index (χ1v) is 7.99. The molecule has 114 valence electrons. The lowest BCUT2D eigenvalue weighted by Gasteiger charge is -2.07. The van der Waals surface area contributed by atoms with Crippen molar-refractivity contribution in [2.24, 2.45) is 7.05 Å². The molecule has 2 rings (SSSR count). The van der Waals surface area contributed by atoms with E-state index < -0.39 is 10.0 Å². The molecule has 0 fully saturated rings. The highest BCUT2D eigenvalue weighted by atomic mass is 32.2. The van der Waals surface area contributed by atoms with Crippen LogP contribution in [-0.4, -0.2) is 34.7 Å². The highest BCUT2D eigenvalue weighted by Crippen LogP contribution is 2.17. The molecule has 21 heavy (non-hydrogen) atoms. The number of sulfonamides is 1. The van der Waals surface area contributed by atoms with Gasteiger partial charge in [-0.1, -0.05) is 6.92 Å². The summed E-state index contributed by atoms with van der Waals surface area (Å²) in [5.41, 5.74) is 1.04. The van der Waals surface area contributed by atoms with Gasteiger partial charge in [-0.2, -0.15) is 5.10 Å². The van der Waals surface area contributed by atoms with Crippen LogP contribution in [0.25, 0.3) is 0 Å². The van der Waals surface area contributed by atoms with Gasteiger partial charge in [0.25, 0.3) is 10.0 Å². The van der Waals surface area contributed by atoms with E-state index in [0.29, 0.717) is 17.3 Å². The second-order valence-corrected chi connectivity index (χ2v) is 6.26. The van der Waals surface area contributed by atoms with E-state index in [1.807, 2.05) is 6.92 Å². The molecule has 0 aromatic carbocycles. The predicted molar refractivity (Wildman–Crippen MR) is 79.6 cm³/mol. The van der Waals surface area contributed by atoms with Crippen molar-refractivity contribution in [3.8, 4) is 0 Å².